The highest BCUT2D eigenvalue weighted by Gasteiger charge is 2.32. The highest BCUT2D eigenvalue weighted by Crippen LogP contribution is 2.31. The molecule has 0 aliphatic carbocycles. The van der Waals surface area contributed by atoms with Crippen LogP contribution in [0.5, 0.6) is 5.75 Å². The number of ether oxygens (including phenoxy) is 1. The Kier molecular flexibility index (Phi) is 10.5. The van der Waals surface area contributed by atoms with Crippen molar-refractivity contribution in [3.05, 3.63) is 65.0 Å². The molecule has 1 aromatic heterocycles. The molecule has 2 heterocycles. The van der Waals surface area contributed by atoms with Gasteiger partial charge in [-0.1, -0.05) is 12.1 Å². The summed E-state index contributed by atoms with van der Waals surface area (Å²) >= 11 is 0. The van der Waals surface area contributed by atoms with Gasteiger partial charge in [0.25, 0.3) is 0 Å². The number of aromatic nitrogens is 1. The predicted octanol–water partition coefficient (Wildman–Crippen LogP) is 5.27. The number of nitrogens with one attached hydrogen (secondary N) is 3. The summed E-state index contributed by atoms with van der Waals surface area (Å²) in [5.74, 6) is 0.294. The Hall–Kier alpha value is -4.79. The first-order valence-electron chi connectivity index (χ1n) is 14.6. The Balaban J connectivity index is 1.54. The molecule has 4 N–H and O–H groups in total. The minimum Gasteiger partial charge on any atom is -0.488 e. The van der Waals surface area contributed by atoms with Gasteiger partial charge in [-0.15, -0.1) is 0 Å². The van der Waals surface area contributed by atoms with E-state index in [1.807, 2.05) is 6.92 Å². The zero-order chi connectivity index (χ0) is 33.8. The quantitative estimate of drug-likeness (QED) is 0.273. The van der Waals surface area contributed by atoms with Crippen molar-refractivity contribution in [3.63, 3.8) is 0 Å². The van der Waals surface area contributed by atoms with Crippen molar-refractivity contribution in [2.24, 2.45) is 5.92 Å². The molecule has 5 amide bonds. The van der Waals surface area contributed by atoms with E-state index in [0.717, 1.165) is 24.3 Å². The molecule has 0 spiro atoms. The van der Waals surface area contributed by atoms with E-state index in [-0.39, 0.29) is 43.6 Å². The predicted molar refractivity (Wildman–Crippen MR) is 164 cm³/mol. The van der Waals surface area contributed by atoms with Crippen molar-refractivity contribution >= 4 is 35.0 Å². The van der Waals surface area contributed by atoms with E-state index in [0.29, 0.717) is 34.1 Å². The average molecular weight is 647 g/mol. The fraction of sp³-hybridized carbons (Fsp3) is 0.419. The van der Waals surface area contributed by atoms with Crippen molar-refractivity contribution in [1.29, 1.82) is 0 Å². The van der Waals surface area contributed by atoms with Crippen LogP contribution >= 0.6 is 0 Å². The number of anilines is 3. The number of urea groups is 2. The number of aliphatic hydroxyl groups is 1. The number of halogens is 3. The molecule has 15 heteroatoms. The second kappa shape index (κ2) is 14.1. The van der Waals surface area contributed by atoms with Crippen molar-refractivity contribution < 1.29 is 41.9 Å². The molecule has 1 aliphatic heterocycles. The summed E-state index contributed by atoms with van der Waals surface area (Å²) < 4.78 is 50.2. The zero-order valence-corrected chi connectivity index (χ0v) is 26.1. The third kappa shape index (κ3) is 8.27. The zero-order valence-electron chi connectivity index (χ0n) is 26.1. The number of hydrogen-bond donors (Lipinski definition) is 4. The smallest absolute Gasteiger partial charge is 0.416 e. The van der Waals surface area contributed by atoms with Crippen LogP contribution in [0.2, 0.25) is 0 Å². The molecular formula is C31H37F3N6O6. The first-order valence-corrected chi connectivity index (χ1v) is 14.6. The van der Waals surface area contributed by atoms with E-state index >= 15 is 0 Å². The molecule has 12 nitrogen and oxygen atoms in total. The van der Waals surface area contributed by atoms with Gasteiger partial charge in [-0.05, 0) is 63.2 Å². The second-order valence-corrected chi connectivity index (χ2v) is 11.4. The van der Waals surface area contributed by atoms with Crippen LogP contribution in [-0.4, -0.2) is 76.9 Å². The summed E-state index contributed by atoms with van der Waals surface area (Å²) in [5.41, 5.74) is 1.08. The Morgan fingerprint density at radius 3 is 2.37 bits per heavy atom. The maximum Gasteiger partial charge on any atom is 0.416 e. The lowest BCUT2D eigenvalue weighted by atomic mass is 10.0. The first-order chi connectivity index (χ1) is 21.7. The van der Waals surface area contributed by atoms with Gasteiger partial charge in [-0.2, -0.15) is 13.2 Å². The number of fused-ring (bicyclic) bond motifs is 1. The van der Waals surface area contributed by atoms with Crippen LogP contribution in [0.15, 0.2) is 47.0 Å². The molecule has 4 rings (SSSR count). The maximum absolute atomic E-state index is 13.5. The van der Waals surface area contributed by atoms with E-state index in [4.69, 9.17) is 9.26 Å². The highest BCUT2D eigenvalue weighted by atomic mass is 19.4. The molecule has 3 atom stereocenters. The van der Waals surface area contributed by atoms with Crippen LogP contribution in [0.4, 0.5) is 39.8 Å². The number of aliphatic hydroxyl groups excluding tert-OH is 1. The molecule has 1 aliphatic rings. The number of amides is 5. The van der Waals surface area contributed by atoms with Crippen LogP contribution in [0.25, 0.3) is 0 Å². The maximum atomic E-state index is 13.5. The lowest BCUT2D eigenvalue weighted by Gasteiger charge is -2.34. The van der Waals surface area contributed by atoms with Gasteiger partial charge in [-0.25, -0.2) is 9.59 Å². The Labute approximate surface area is 263 Å². The molecule has 0 radical (unpaired) electrons. The number of aryl methyl sites for hydroxylation is 2. The topological polar surface area (TPSA) is 149 Å². The van der Waals surface area contributed by atoms with E-state index in [2.05, 4.69) is 21.1 Å². The molecule has 2 aromatic carbocycles. The van der Waals surface area contributed by atoms with Gasteiger partial charge in [0, 0.05) is 36.4 Å². The molecule has 0 bridgehead atoms. The number of rotatable bonds is 7. The van der Waals surface area contributed by atoms with E-state index in [9.17, 15) is 32.7 Å². The van der Waals surface area contributed by atoms with E-state index < -0.39 is 35.9 Å². The monoisotopic (exact) mass is 646 g/mol. The third-order valence-electron chi connectivity index (χ3n) is 7.71. The number of alkyl halides is 3. The fourth-order valence-corrected chi connectivity index (χ4v) is 4.98. The fourth-order valence-electron chi connectivity index (χ4n) is 4.98. The molecule has 0 saturated heterocycles. The first kappa shape index (κ1) is 34.1. The summed E-state index contributed by atoms with van der Waals surface area (Å²) in [7, 11) is 1.61. The van der Waals surface area contributed by atoms with Gasteiger partial charge >= 0.3 is 18.2 Å². The summed E-state index contributed by atoms with van der Waals surface area (Å²) in [6.45, 7) is 7.14. The SMILES string of the molecule is Cc1noc(C)c1NC(=O)N(C)C[C@H]1Oc2ccc(NC(=O)Nc3ccc(C(F)(F)F)cc3)cc2CC(=O)N([C@@H](C)CO)C[C@@H]1C. The minimum absolute atomic E-state index is 0.0997. The molecule has 0 fully saturated rings. The lowest BCUT2D eigenvalue weighted by molar-refractivity contribution is -0.137. The van der Waals surface area contributed by atoms with Gasteiger partial charge in [-0.3, -0.25) is 4.79 Å². The van der Waals surface area contributed by atoms with Crippen LogP contribution < -0.4 is 20.7 Å². The number of carbonyl (C=O) groups is 3. The molecule has 0 unspecified atom stereocenters. The van der Waals surface area contributed by atoms with E-state index in [1.54, 1.807) is 50.9 Å². The molecule has 0 saturated carbocycles. The number of nitrogens with zero attached hydrogens (tertiary/aromatic N) is 3. The summed E-state index contributed by atoms with van der Waals surface area (Å²) in [6.07, 6.45) is -5.18. The van der Waals surface area contributed by atoms with Crippen LogP contribution in [-0.2, 0) is 17.4 Å². The Bertz CT molecular complexity index is 1540. The Morgan fingerprint density at radius 1 is 1.11 bits per heavy atom. The average Bonchev–Trinajstić information content (AvgIpc) is 3.33. The van der Waals surface area contributed by atoms with Crippen molar-refractivity contribution in [2.75, 3.05) is 42.7 Å². The van der Waals surface area contributed by atoms with Crippen molar-refractivity contribution in [2.45, 2.75) is 52.4 Å². The van der Waals surface area contributed by atoms with Gasteiger partial charge in [0.15, 0.2) is 5.76 Å². The second-order valence-electron chi connectivity index (χ2n) is 11.4. The summed E-state index contributed by atoms with van der Waals surface area (Å²) in [5, 5.41) is 21.6. The molecule has 3 aromatic rings. The van der Waals surface area contributed by atoms with Crippen molar-refractivity contribution in [3.8, 4) is 5.75 Å². The van der Waals surface area contributed by atoms with Crippen LogP contribution in [0.1, 0.15) is 36.4 Å². The van der Waals surface area contributed by atoms with Gasteiger partial charge in [0.05, 0.1) is 31.2 Å². The number of hydrogen-bond acceptors (Lipinski definition) is 7. The third-order valence-corrected chi connectivity index (χ3v) is 7.71. The van der Waals surface area contributed by atoms with Crippen LogP contribution in [0, 0.1) is 19.8 Å². The standard InChI is InChI=1S/C31H37F3N6O6/c1-17-14-40(18(2)16-41)27(42)13-21-12-24(36-29(43)35-23-8-6-22(7-9-23)31(32,33)34)10-11-25(21)45-26(17)15-39(5)30(44)37-28-19(3)38-46-20(28)4/h6-12,17-18,26,41H,13-16H2,1-5H3,(H,37,44)(H2,35,36,43)/t17-,18-,26+/m0/s1. The normalized spacial score (nSPS) is 17.5. The van der Waals surface area contributed by atoms with Gasteiger partial charge < -0.3 is 40.1 Å². The number of benzene rings is 2. The molecular weight excluding hydrogens is 609 g/mol. The van der Waals surface area contributed by atoms with Crippen LogP contribution in [0.3, 0.4) is 0 Å². The van der Waals surface area contributed by atoms with Gasteiger partial charge in [0.2, 0.25) is 5.91 Å². The minimum atomic E-state index is -4.50. The Morgan fingerprint density at radius 2 is 1.76 bits per heavy atom. The summed E-state index contributed by atoms with van der Waals surface area (Å²) in [6, 6.07) is 7.14. The molecule has 46 heavy (non-hydrogen) atoms. The molecule has 248 valence electrons. The highest BCUT2D eigenvalue weighted by molar-refractivity contribution is 6.00. The lowest BCUT2D eigenvalue weighted by Crippen LogP contribution is -2.48. The van der Waals surface area contributed by atoms with Crippen molar-refractivity contribution in [1.82, 2.24) is 15.0 Å². The van der Waals surface area contributed by atoms with Gasteiger partial charge in [0.1, 0.15) is 23.2 Å². The number of carbonyl (C=O) groups excluding carboxylic acids is 3. The largest absolute Gasteiger partial charge is 0.488 e. The summed E-state index contributed by atoms with van der Waals surface area (Å²) in [4.78, 5) is 42.2. The number of likely N-dealkylation sites (N-methyl/N-ethyl adjacent to an activating group) is 1. The van der Waals surface area contributed by atoms with E-state index in [1.165, 1.54) is 4.90 Å².